The average molecular weight is 208 g/mol. The minimum absolute atomic E-state index is 0.0204. The molecule has 0 spiro atoms. The van der Waals surface area contributed by atoms with Crippen LogP contribution in [0.5, 0.6) is 0 Å². The lowest BCUT2D eigenvalue weighted by Crippen LogP contribution is -2.07. The van der Waals surface area contributed by atoms with E-state index in [-0.39, 0.29) is 11.5 Å². The predicted octanol–water partition coefficient (Wildman–Crippen LogP) is 1.86. The topological polar surface area (TPSA) is 34.1 Å². The van der Waals surface area contributed by atoms with Gasteiger partial charge in [0.05, 0.1) is 16.6 Å². The molecule has 0 N–H and O–H groups in total. The molecule has 0 aromatic heterocycles. The van der Waals surface area contributed by atoms with E-state index in [1.54, 1.807) is 12.1 Å². The van der Waals surface area contributed by atoms with Gasteiger partial charge in [0.1, 0.15) is 0 Å². The maximum absolute atomic E-state index is 11.6. The second-order valence-electron chi connectivity index (χ2n) is 2.97. The van der Waals surface area contributed by atoms with Crippen LogP contribution in [-0.4, -0.2) is 15.7 Å². The van der Waals surface area contributed by atoms with Crippen LogP contribution in [0.1, 0.15) is 5.56 Å². The highest BCUT2D eigenvalue weighted by molar-refractivity contribution is 7.85. The number of benzene rings is 1. The Labute approximate surface area is 86.1 Å². The Balaban J connectivity index is 2.75. The van der Waals surface area contributed by atoms with E-state index in [1.807, 2.05) is 19.1 Å². The van der Waals surface area contributed by atoms with Gasteiger partial charge in [0.2, 0.25) is 0 Å². The first kappa shape index (κ1) is 10.9. The van der Waals surface area contributed by atoms with Crippen molar-refractivity contribution in [3.05, 3.63) is 42.5 Å². The van der Waals surface area contributed by atoms with Crippen molar-refractivity contribution >= 4 is 16.6 Å². The first-order valence-corrected chi connectivity index (χ1v) is 5.55. The highest BCUT2D eigenvalue weighted by Gasteiger charge is 2.06. The molecule has 0 aliphatic rings. The van der Waals surface area contributed by atoms with Crippen molar-refractivity contribution in [1.29, 1.82) is 0 Å². The van der Waals surface area contributed by atoms with Gasteiger partial charge in [-0.05, 0) is 25.1 Å². The van der Waals surface area contributed by atoms with Crippen molar-refractivity contribution in [2.24, 2.45) is 0 Å². The van der Waals surface area contributed by atoms with Gasteiger partial charge in [-0.3, -0.25) is 9.00 Å². The summed E-state index contributed by atoms with van der Waals surface area (Å²) in [5, 5.41) is 0. The molecule has 1 unspecified atom stereocenters. The molecule has 0 saturated heterocycles. The summed E-state index contributed by atoms with van der Waals surface area (Å²) in [6.45, 7) is 5.30. The van der Waals surface area contributed by atoms with E-state index in [4.69, 9.17) is 0 Å². The molecule has 74 valence electrons. The van der Waals surface area contributed by atoms with E-state index in [1.165, 1.54) is 6.08 Å². The first-order chi connectivity index (χ1) is 6.63. The molecule has 0 aliphatic heterocycles. The Morgan fingerprint density at radius 2 is 2.00 bits per heavy atom. The number of hydrogen-bond acceptors (Lipinski definition) is 2. The highest BCUT2D eigenvalue weighted by atomic mass is 32.2. The molecule has 2 nitrogen and oxygen atoms in total. The third-order valence-electron chi connectivity index (χ3n) is 1.78. The maximum Gasteiger partial charge on any atom is 0.167 e. The minimum Gasteiger partial charge on any atom is -0.294 e. The fourth-order valence-corrected chi connectivity index (χ4v) is 1.94. The molecule has 0 saturated carbocycles. The second-order valence-corrected chi connectivity index (χ2v) is 4.42. The zero-order valence-electron chi connectivity index (χ0n) is 8.03. The minimum atomic E-state index is -1.24. The molecular weight excluding hydrogens is 196 g/mol. The van der Waals surface area contributed by atoms with Gasteiger partial charge in [0.25, 0.3) is 0 Å². The van der Waals surface area contributed by atoms with Gasteiger partial charge >= 0.3 is 0 Å². The maximum atomic E-state index is 11.6. The molecule has 14 heavy (non-hydrogen) atoms. The van der Waals surface area contributed by atoms with Gasteiger partial charge in [0, 0.05) is 4.90 Å². The highest BCUT2D eigenvalue weighted by Crippen LogP contribution is 2.08. The van der Waals surface area contributed by atoms with Gasteiger partial charge in [0.15, 0.2) is 5.78 Å². The molecule has 0 radical (unpaired) electrons. The van der Waals surface area contributed by atoms with E-state index in [0.717, 1.165) is 5.56 Å². The SMILES string of the molecule is C=CC(=O)CS(=O)c1ccc(C)cc1. The third-order valence-corrected chi connectivity index (χ3v) is 3.13. The molecule has 0 fully saturated rings. The number of carbonyl (C=O) groups is 1. The summed E-state index contributed by atoms with van der Waals surface area (Å²) in [6.07, 6.45) is 1.20. The van der Waals surface area contributed by atoms with E-state index < -0.39 is 10.8 Å². The molecule has 0 amide bonds. The lowest BCUT2D eigenvalue weighted by Gasteiger charge is -1.99. The lowest BCUT2D eigenvalue weighted by molar-refractivity contribution is -0.112. The van der Waals surface area contributed by atoms with E-state index in [2.05, 4.69) is 6.58 Å². The van der Waals surface area contributed by atoms with Crippen LogP contribution in [0.4, 0.5) is 0 Å². The summed E-state index contributed by atoms with van der Waals surface area (Å²) >= 11 is 0. The molecule has 0 aliphatic carbocycles. The Hall–Kier alpha value is -1.22. The van der Waals surface area contributed by atoms with Crippen LogP contribution in [-0.2, 0) is 15.6 Å². The number of allylic oxidation sites excluding steroid dienone is 1. The quantitative estimate of drug-likeness (QED) is 0.708. The number of rotatable bonds is 4. The standard InChI is InChI=1S/C11H12O2S/c1-3-10(12)8-14(13)11-6-4-9(2)5-7-11/h3-7H,1,8H2,2H3. The van der Waals surface area contributed by atoms with Gasteiger partial charge in [-0.1, -0.05) is 24.3 Å². The molecule has 0 bridgehead atoms. The van der Waals surface area contributed by atoms with Crippen LogP contribution in [0.3, 0.4) is 0 Å². The molecule has 0 heterocycles. The van der Waals surface area contributed by atoms with Crippen molar-refractivity contribution < 1.29 is 9.00 Å². The van der Waals surface area contributed by atoms with E-state index >= 15 is 0 Å². The van der Waals surface area contributed by atoms with Gasteiger partial charge in [-0.15, -0.1) is 0 Å². The van der Waals surface area contributed by atoms with Crippen LogP contribution in [0.15, 0.2) is 41.8 Å². The monoisotopic (exact) mass is 208 g/mol. The van der Waals surface area contributed by atoms with Gasteiger partial charge in [-0.25, -0.2) is 0 Å². The van der Waals surface area contributed by atoms with Crippen LogP contribution in [0.2, 0.25) is 0 Å². The zero-order valence-corrected chi connectivity index (χ0v) is 8.84. The summed E-state index contributed by atoms with van der Waals surface area (Å²) < 4.78 is 11.6. The molecule has 1 atom stereocenters. The van der Waals surface area contributed by atoms with Crippen LogP contribution < -0.4 is 0 Å². The number of ketones is 1. The normalized spacial score (nSPS) is 12.1. The van der Waals surface area contributed by atoms with Crippen LogP contribution in [0, 0.1) is 6.92 Å². The first-order valence-electron chi connectivity index (χ1n) is 4.24. The number of hydrogen-bond donors (Lipinski definition) is 0. The lowest BCUT2D eigenvalue weighted by atomic mass is 10.2. The fourth-order valence-electron chi connectivity index (χ4n) is 0.962. The summed E-state index contributed by atoms with van der Waals surface area (Å²) in [5.41, 5.74) is 1.11. The number of aryl methyl sites for hydroxylation is 1. The number of carbonyl (C=O) groups excluding carboxylic acids is 1. The average Bonchev–Trinajstić information content (AvgIpc) is 2.18. The Bertz CT molecular complexity index is 365. The molecule has 1 rings (SSSR count). The van der Waals surface area contributed by atoms with Crippen molar-refractivity contribution in [3.8, 4) is 0 Å². The van der Waals surface area contributed by atoms with E-state index in [9.17, 15) is 9.00 Å². The van der Waals surface area contributed by atoms with Gasteiger partial charge < -0.3 is 0 Å². The van der Waals surface area contributed by atoms with Crippen molar-refractivity contribution in [3.63, 3.8) is 0 Å². The molecule has 1 aromatic carbocycles. The van der Waals surface area contributed by atoms with Crippen molar-refractivity contribution in [1.82, 2.24) is 0 Å². The fraction of sp³-hybridized carbons (Fsp3) is 0.182. The van der Waals surface area contributed by atoms with Crippen LogP contribution in [0.25, 0.3) is 0 Å². The Morgan fingerprint density at radius 1 is 1.43 bits per heavy atom. The zero-order chi connectivity index (χ0) is 10.6. The van der Waals surface area contributed by atoms with Crippen molar-refractivity contribution in [2.45, 2.75) is 11.8 Å². The Kier molecular flexibility index (Phi) is 3.77. The summed E-state index contributed by atoms with van der Waals surface area (Å²) in [4.78, 5) is 11.6. The van der Waals surface area contributed by atoms with Crippen molar-refractivity contribution in [2.75, 3.05) is 5.75 Å². The van der Waals surface area contributed by atoms with Crippen LogP contribution >= 0.6 is 0 Å². The summed E-state index contributed by atoms with van der Waals surface area (Å²) in [6, 6.07) is 7.32. The summed E-state index contributed by atoms with van der Waals surface area (Å²) in [7, 11) is -1.24. The van der Waals surface area contributed by atoms with Gasteiger partial charge in [-0.2, -0.15) is 0 Å². The third kappa shape index (κ3) is 2.92. The largest absolute Gasteiger partial charge is 0.294 e. The molecule has 3 heteroatoms. The summed E-state index contributed by atoms with van der Waals surface area (Å²) in [5.74, 6) is -0.170. The molecular formula is C11H12O2S. The predicted molar refractivity (Wildman–Crippen MR) is 57.7 cm³/mol. The van der Waals surface area contributed by atoms with E-state index in [0.29, 0.717) is 4.90 Å². The molecule has 1 aromatic rings. The second kappa shape index (κ2) is 4.86. The smallest absolute Gasteiger partial charge is 0.167 e. The Morgan fingerprint density at radius 3 is 2.50 bits per heavy atom.